The zero-order valence-corrected chi connectivity index (χ0v) is 17.4. The van der Waals surface area contributed by atoms with Gasteiger partial charge in [0.1, 0.15) is 11.9 Å². The van der Waals surface area contributed by atoms with Crippen LogP contribution in [0.4, 0.5) is 24.5 Å². The van der Waals surface area contributed by atoms with E-state index in [1.165, 1.54) is 24.0 Å². The largest absolute Gasteiger partial charge is 0.368 e. The standard InChI is InChI=1S/C20H22F3N3O3S/c1-14(26(30(2,28)29)17-7-8-18(22)19(23)13-17)20(27)25-11-9-24(10-12-25)16-5-3-15(21)4-6-16/h3-8,13-14H,9-12H2,1-2H3/t14-/m0/s1. The average Bonchev–Trinajstić information content (AvgIpc) is 2.70. The second-order valence-corrected chi connectivity index (χ2v) is 8.98. The molecule has 10 heteroatoms. The molecule has 2 aromatic rings. The normalized spacial score (nSPS) is 15.8. The van der Waals surface area contributed by atoms with Gasteiger partial charge in [-0.15, -0.1) is 0 Å². The van der Waals surface area contributed by atoms with E-state index in [1.54, 1.807) is 12.1 Å². The van der Waals surface area contributed by atoms with Crippen molar-refractivity contribution in [2.45, 2.75) is 13.0 Å². The monoisotopic (exact) mass is 441 g/mol. The average molecular weight is 441 g/mol. The summed E-state index contributed by atoms with van der Waals surface area (Å²) < 4.78 is 65.5. The molecule has 1 amide bonds. The van der Waals surface area contributed by atoms with Crippen molar-refractivity contribution in [1.29, 1.82) is 0 Å². The molecule has 0 saturated carbocycles. The van der Waals surface area contributed by atoms with E-state index in [9.17, 15) is 26.4 Å². The molecule has 1 atom stereocenters. The minimum atomic E-state index is -3.94. The third-order valence-electron chi connectivity index (χ3n) is 5.01. The Labute approximate surface area is 173 Å². The zero-order valence-electron chi connectivity index (χ0n) is 16.6. The summed E-state index contributed by atoms with van der Waals surface area (Å²) in [6.45, 7) is 3.09. The fourth-order valence-corrected chi connectivity index (χ4v) is 4.69. The summed E-state index contributed by atoms with van der Waals surface area (Å²) in [5, 5.41) is 0. The lowest BCUT2D eigenvalue weighted by Crippen LogP contribution is -2.55. The lowest BCUT2D eigenvalue weighted by atomic mass is 10.2. The van der Waals surface area contributed by atoms with Crippen LogP contribution in [0.1, 0.15) is 6.92 Å². The van der Waals surface area contributed by atoms with Crippen LogP contribution in [0.3, 0.4) is 0 Å². The van der Waals surface area contributed by atoms with Gasteiger partial charge in [-0.3, -0.25) is 9.10 Å². The van der Waals surface area contributed by atoms with Gasteiger partial charge in [0.25, 0.3) is 0 Å². The number of amides is 1. The number of nitrogens with zero attached hydrogens (tertiary/aromatic N) is 3. The SMILES string of the molecule is C[C@@H](C(=O)N1CCN(c2ccc(F)cc2)CC1)N(c1ccc(F)c(F)c1)S(C)(=O)=O. The molecule has 1 fully saturated rings. The third-order valence-corrected chi connectivity index (χ3v) is 6.25. The van der Waals surface area contributed by atoms with Crippen LogP contribution in [0.2, 0.25) is 0 Å². The fourth-order valence-electron chi connectivity index (χ4n) is 3.53. The highest BCUT2D eigenvalue weighted by atomic mass is 32.2. The van der Waals surface area contributed by atoms with E-state index >= 15 is 0 Å². The summed E-state index contributed by atoms with van der Waals surface area (Å²) in [5.74, 6) is -3.08. The second-order valence-electron chi connectivity index (χ2n) is 7.12. The van der Waals surface area contributed by atoms with Crippen molar-refractivity contribution in [2.75, 3.05) is 41.6 Å². The van der Waals surface area contributed by atoms with Gasteiger partial charge in [-0.05, 0) is 43.3 Å². The number of hydrogen-bond acceptors (Lipinski definition) is 4. The van der Waals surface area contributed by atoms with Gasteiger partial charge in [-0.25, -0.2) is 21.6 Å². The first-order valence-electron chi connectivity index (χ1n) is 9.31. The van der Waals surface area contributed by atoms with E-state index in [-0.39, 0.29) is 11.5 Å². The van der Waals surface area contributed by atoms with E-state index in [0.717, 1.165) is 34.4 Å². The number of sulfonamides is 1. The number of anilines is 2. The smallest absolute Gasteiger partial charge is 0.246 e. The summed E-state index contributed by atoms with van der Waals surface area (Å²) in [6, 6.07) is 7.60. The quantitative estimate of drug-likeness (QED) is 0.716. The predicted molar refractivity (Wildman–Crippen MR) is 108 cm³/mol. The van der Waals surface area contributed by atoms with Crippen LogP contribution in [0, 0.1) is 17.5 Å². The minimum absolute atomic E-state index is 0.123. The maximum atomic E-state index is 13.7. The maximum absolute atomic E-state index is 13.7. The van der Waals surface area contributed by atoms with Crippen LogP contribution in [0.25, 0.3) is 0 Å². The van der Waals surface area contributed by atoms with Gasteiger partial charge in [0, 0.05) is 37.9 Å². The first kappa shape index (κ1) is 21.9. The molecule has 2 aromatic carbocycles. The summed E-state index contributed by atoms with van der Waals surface area (Å²) in [7, 11) is -3.94. The van der Waals surface area contributed by atoms with Crippen LogP contribution < -0.4 is 9.21 Å². The molecule has 0 aliphatic carbocycles. The van der Waals surface area contributed by atoms with Crippen LogP contribution in [-0.2, 0) is 14.8 Å². The minimum Gasteiger partial charge on any atom is -0.368 e. The number of rotatable bonds is 5. The molecule has 162 valence electrons. The molecule has 0 aromatic heterocycles. The van der Waals surface area contributed by atoms with Crippen molar-refractivity contribution in [2.24, 2.45) is 0 Å². The maximum Gasteiger partial charge on any atom is 0.246 e. The molecule has 0 spiro atoms. The Balaban J connectivity index is 1.74. The van der Waals surface area contributed by atoms with Crippen molar-refractivity contribution >= 4 is 27.3 Å². The molecule has 1 saturated heterocycles. The Morgan fingerprint density at radius 2 is 1.57 bits per heavy atom. The second kappa shape index (κ2) is 8.55. The van der Waals surface area contributed by atoms with E-state index < -0.39 is 33.6 Å². The highest BCUT2D eigenvalue weighted by Gasteiger charge is 2.33. The van der Waals surface area contributed by atoms with Gasteiger partial charge < -0.3 is 9.80 Å². The summed E-state index contributed by atoms with van der Waals surface area (Å²) >= 11 is 0. The number of piperazine rings is 1. The fraction of sp³-hybridized carbons (Fsp3) is 0.350. The number of halogens is 3. The van der Waals surface area contributed by atoms with Gasteiger partial charge in [0.2, 0.25) is 15.9 Å². The van der Waals surface area contributed by atoms with Crippen molar-refractivity contribution in [3.8, 4) is 0 Å². The van der Waals surface area contributed by atoms with Crippen LogP contribution in [0.15, 0.2) is 42.5 Å². The first-order valence-corrected chi connectivity index (χ1v) is 11.2. The molecule has 6 nitrogen and oxygen atoms in total. The number of hydrogen-bond donors (Lipinski definition) is 0. The molecule has 3 rings (SSSR count). The van der Waals surface area contributed by atoms with Gasteiger partial charge >= 0.3 is 0 Å². The van der Waals surface area contributed by atoms with Crippen LogP contribution in [0.5, 0.6) is 0 Å². The highest BCUT2D eigenvalue weighted by molar-refractivity contribution is 7.92. The Morgan fingerprint density at radius 1 is 0.967 bits per heavy atom. The molecular formula is C20H22F3N3O3S. The Kier molecular flexibility index (Phi) is 6.25. The van der Waals surface area contributed by atoms with E-state index in [2.05, 4.69) is 0 Å². The van der Waals surface area contributed by atoms with Crippen molar-refractivity contribution < 1.29 is 26.4 Å². The first-order chi connectivity index (χ1) is 14.1. The van der Waals surface area contributed by atoms with Crippen molar-refractivity contribution in [3.63, 3.8) is 0 Å². The summed E-state index contributed by atoms with van der Waals surface area (Å²) in [5.41, 5.74) is 0.707. The Hall–Kier alpha value is -2.75. The highest BCUT2D eigenvalue weighted by Crippen LogP contribution is 2.25. The summed E-state index contributed by atoms with van der Waals surface area (Å²) in [6.07, 6.45) is 0.907. The summed E-state index contributed by atoms with van der Waals surface area (Å²) in [4.78, 5) is 16.5. The molecule has 1 heterocycles. The number of carbonyl (C=O) groups excluding carboxylic acids is 1. The number of carbonyl (C=O) groups is 1. The molecule has 0 N–H and O–H groups in total. The van der Waals surface area contributed by atoms with Gasteiger partial charge in [0.05, 0.1) is 11.9 Å². The van der Waals surface area contributed by atoms with E-state index in [1.807, 2.05) is 4.90 Å². The van der Waals surface area contributed by atoms with Crippen LogP contribution >= 0.6 is 0 Å². The molecule has 30 heavy (non-hydrogen) atoms. The zero-order chi connectivity index (χ0) is 22.1. The molecule has 1 aliphatic rings. The molecule has 0 bridgehead atoms. The Bertz CT molecular complexity index is 1020. The van der Waals surface area contributed by atoms with Crippen molar-refractivity contribution in [3.05, 3.63) is 59.9 Å². The number of benzene rings is 2. The van der Waals surface area contributed by atoms with E-state index in [0.29, 0.717) is 26.2 Å². The van der Waals surface area contributed by atoms with Gasteiger partial charge in [0.15, 0.2) is 11.6 Å². The lowest BCUT2D eigenvalue weighted by molar-refractivity contribution is -0.132. The molecular weight excluding hydrogens is 419 g/mol. The van der Waals surface area contributed by atoms with Gasteiger partial charge in [-0.2, -0.15) is 0 Å². The van der Waals surface area contributed by atoms with E-state index in [4.69, 9.17) is 0 Å². The van der Waals surface area contributed by atoms with Gasteiger partial charge in [-0.1, -0.05) is 0 Å². The molecule has 0 radical (unpaired) electrons. The van der Waals surface area contributed by atoms with Crippen molar-refractivity contribution in [1.82, 2.24) is 4.90 Å². The lowest BCUT2D eigenvalue weighted by Gasteiger charge is -2.39. The topological polar surface area (TPSA) is 60.9 Å². The molecule has 1 aliphatic heterocycles. The Morgan fingerprint density at radius 3 is 2.10 bits per heavy atom. The molecule has 0 unspecified atom stereocenters. The predicted octanol–water partition coefficient (Wildman–Crippen LogP) is 2.61. The third kappa shape index (κ3) is 4.69. The van der Waals surface area contributed by atoms with Crippen LogP contribution in [-0.4, -0.2) is 57.7 Å².